The summed E-state index contributed by atoms with van der Waals surface area (Å²) in [5.41, 5.74) is 1.23. The fraction of sp³-hybridized carbons (Fsp3) is 0.333. The number of aromatic nitrogens is 2. The van der Waals surface area contributed by atoms with Crippen LogP contribution in [0.15, 0.2) is 30.3 Å². The Labute approximate surface area is 116 Å². The van der Waals surface area contributed by atoms with E-state index in [1.54, 1.807) is 0 Å². The Morgan fingerprint density at radius 3 is 2.58 bits per heavy atom. The minimum Gasteiger partial charge on any atom is -0.257 e. The summed E-state index contributed by atoms with van der Waals surface area (Å²) in [6.45, 7) is 2.11. The molecule has 2 rings (SSSR count). The lowest BCUT2D eigenvalue weighted by Gasteiger charge is -2.08. The molecule has 1 aromatic heterocycles. The summed E-state index contributed by atoms with van der Waals surface area (Å²) in [5, 5.41) is 8.97. The van der Waals surface area contributed by atoms with Crippen molar-refractivity contribution in [2.75, 3.05) is 11.0 Å². The second-order valence-corrected chi connectivity index (χ2v) is 7.20. The third-order valence-electron chi connectivity index (χ3n) is 2.59. The smallest absolute Gasteiger partial charge is 0.231 e. The van der Waals surface area contributed by atoms with Crippen LogP contribution >= 0.6 is 11.3 Å². The van der Waals surface area contributed by atoms with Crippen molar-refractivity contribution in [3.63, 3.8) is 0 Å². The van der Waals surface area contributed by atoms with E-state index in [0.29, 0.717) is 11.0 Å². The van der Waals surface area contributed by atoms with E-state index in [1.165, 1.54) is 16.9 Å². The van der Waals surface area contributed by atoms with Gasteiger partial charge in [-0.1, -0.05) is 48.6 Å². The molecule has 0 spiro atoms. The van der Waals surface area contributed by atoms with E-state index >= 15 is 0 Å². The summed E-state index contributed by atoms with van der Waals surface area (Å²) in [6.07, 6.45) is 1.84. The molecule has 0 aliphatic carbocycles. The molecule has 1 heterocycles. The standard InChI is InChI=1S/C12H15N3O2S2/c1-9(10-6-4-3-5-7-10)8-11-13-14-12(18-11)15-19(2,16)17/h3-7,9H,8H2,1-2H3,(H,14,15). The summed E-state index contributed by atoms with van der Waals surface area (Å²) in [7, 11) is -3.29. The van der Waals surface area contributed by atoms with Crippen molar-refractivity contribution in [2.24, 2.45) is 0 Å². The highest BCUT2D eigenvalue weighted by Gasteiger charge is 2.12. The summed E-state index contributed by atoms with van der Waals surface area (Å²) in [5.74, 6) is 0.320. The van der Waals surface area contributed by atoms with Crippen LogP contribution in [0.2, 0.25) is 0 Å². The van der Waals surface area contributed by atoms with Crippen LogP contribution in [0.1, 0.15) is 23.4 Å². The first kappa shape index (κ1) is 14.0. The van der Waals surface area contributed by atoms with Gasteiger partial charge < -0.3 is 0 Å². The van der Waals surface area contributed by atoms with Gasteiger partial charge in [-0.25, -0.2) is 8.42 Å². The quantitative estimate of drug-likeness (QED) is 0.919. The maximum Gasteiger partial charge on any atom is 0.231 e. The average Bonchev–Trinajstić information content (AvgIpc) is 2.75. The highest BCUT2D eigenvalue weighted by Crippen LogP contribution is 2.24. The summed E-state index contributed by atoms with van der Waals surface area (Å²) in [6, 6.07) is 10.1. The van der Waals surface area contributed by atoms with Crippen molar-refractivity contribution in [2.45, 2.75) is 19.3 Å². The molecule has 1 aromatic carbocycles. The minimum absolute atomic E-state index is 0.317. The number of rotatable bonds is 5. The fourth-order valence-corrected chi connectivity index (χ4v) is 3.40. The lowest BCUT2D eigenvalue weighted by Crippen LogP contribution is -2.08. The Bertz CT molecular complexity index is 638. The van der Waals surface area contributed by atoms with Crippen molar-refractivity contribution in [3.8, 4) is 0 Å². The largest absolute Gasteiger partial charge is 0.257 e. The van der Waals surface area contributed by atoms with Crippen molar-refractivity contribution in [1.82, 2.24) is 10.2 Å². The Balaban J connectivity index is 2.04. The number of benzene rings is 1. The van der Waals surface area contributed by atoms with Crippen molar-refractivity contribution >= 4 is 26.5 Å². The van der Waals surface area contributed by atoms with Gasteiger partial charge in [0.2, 0.25) is 15.2 Å². The van der Waals surface area contributed by atoms with E-state index in [0.717, 1.165) is 17.7 Å². The van der Waals surface area contributed by atoms with E-state index in [9.17, 15) is 8.42 Å². The van der Waals surface area contributed by atoms with Crippen LogP contribution in [0.3, 0.4) is 0 Å². The number of nitrogens with zero attached hydrogens (tertiary/aromatic N) is 2. The van der Waals surface area contributed by atoms with Crippen LogP contribution in [0.25, 0.3) is 0 Å². The minimum atomic E-state index is -3.29. The monoisotopic (exact) mass is 297 g/mol. The molecule has 102 valence electrons. The number of hydrogen-bond acceptors (Lipinski definition) is 5. The Morgan fingerprint density at radius 1 is 1.26 bits per heavy atom. The first-order chi connectivity index (χ1) is 8.94. The molecule has 0 aliphatic rings. The Hall–Kier alpha value is -1.47. The lowest BCUT2D eigenvalue weighted by atomic mass is 9.98. The van der Waals surface area contributed by atoms with Gasteiger partial charge in [0.05, 0.1) is 6.26 Å². The van der Waals surface area contributed by atoms with E-state index in [-0.39, 0.29) is 0 Å². The number of anilines is 1. The molecule has 0 aliphatic heterocycles. The van der Waals surface area contributed by atoms with Crippen molar-refractivity contribution in [1.29, 1.82) is 0 Å². The van der Waals surface area contributed by atoms with Gasteiger partial charge in [-0.3, -0.25) is 4.72 Å². The third-order valence-corrected chi connectivity index (χ3v) is 4.14. The molecule has 0 bridgehead atoms. The van der Waals surface area contributed by atoms with Gasteiger partial charge in [0.15, 0.2) is 0 Å². The van der Waals surface area contributed by atoms with E-state index < -0.39 is 10.0 Å². The molecule has 1 unspecified atom stereocenters. The van der Waals surface area contributed by atoms with Crippen LogP contribution in [0, 0.1) is 0 Å². The molecule has 2 aromatic rings. The maximum atomic E-state index is 11.1. The van der Waals surface area contributed by atoms with Crippen molar-refractivity contribution < 1.29 is 8.42 Å². The molecular weight excluding hydrogens is 282 g/mol. The summed E-state index contributed by atoms with van der Waals surface area (Å²) < 4.78 is 24.5. The van der Waals surface area contributed by atoms with E-state index in [2.05, 4.69) is 34.0 Å². The molecular formula is C12H15N3O2S2. The van der Waals surface area contributed by atoms with Crippen LogP contribution < -0.4 is 4.72 Å². The average molecular weight is 297 g/mol. The van der Waals surface area contributed by atoms with Crippen LogP contribution in [-0.2, 0) is 16.4 Å². The van der Waals surface area contributed by atoms with Gasteiger partial charge in [0, 0.05) is 6.42 Å². The molecule has 0 fully saturated rings. The molecule has 0 saturated heterocycles. The first-order valence-electron chi connectivity index (χ1n) is 5.79. The number of nitrogens with one attached hydrogen (secondary N) is 1. The van der Waals surface area contributed by atoms with Gasteiger partial charge in [-0.05, 0) is 11.5 Å². The number of sulfonamides is 1. The molecule has 0 amide bonds. The Kier molecular flexibility index (Phi) is 4.16. The Morgan fingerprint density at radius 2 is 1.95 bits per heavy atom. The van der Waals surface area contributed by atoms with Gasteiger partial charge in [0.1, 0.15) is 5.01 Å². The van der Waals surface area contributed by atoms with Gasteiger partial charge in [-0.15, -0.1) is 10.2 Å². The van der Waals surface area contributed by atoms with Gasteiger partial charge in [-0.2, -0.15) is 0 Å². The van der Waals surface area contributed by atoms with E-state index in [1.807, 2.05) is 18.2 Å². The van der Waals surface area contributed by atoms with E-state index in [4.69, 9.17) is 0 Å². The molecule has 0 saturated carbocycles. The van der Waals surface area contributed by atoms with Gasteiger partial charge in [0.25, 0.3) is 0 Å². The van der Waals surface area contributed by atoms with Crippen molar-refractivity contribution in [3.05, 3.63) is 40.9 Å². The second kappa shape index (κ2) is 5.66. The molecule has 5 nitrogen and oxygen atoms in total. The highest BCUT2D eigenvalue weighted by molar-refractivity contribution is 7.92. The zero-order valence-corrected chi connectivity index (χ0v) is 12.3. The first-order valence-corrected chi connectivity index (χ1v) is 8.50. The molecule has 7 heteroatoms. The normalized spacial score (nSPS) is 13.2. The second-order valence-electron chi connectivity index (χ2n) is 4.39. The zero-order chi connectivity index (χ0) is 13.9. The topological polar surface area (TPSA) is 72.0 Å². The summed E-state index contributed by atoms with van der Waals surface area (Å²) in [4.78, 5) is 0. The summed E-state index contributed by atoms with van der Waals surface area (Å²) >= 11 is 1.27. The van der Waals surface area contributed by atoms with Crippen LogP contribution in [0.4, 0.5) is 5.13 Å². The third kappa shape index (κ3) is 4.29. The predicted molar refractivity (Wildman–Crippen MR) is 76.9 cm³/mol. The zero-order valence-electron chi connectivity index (χ0n) is 10.7. The predicted octanol–water partition coefficient (Wildman–Crippen LogP) is 2.26. The van der Waals surface area contributed by atoms with Crippen LogP contribution in [0.5, 0.6) is 0 Å². The number of hydrogen-bond donors (Lipinski definition) is 1. The molecule has 1 atom stereocenters. The van der Waals surface area contributed by atoms with Gasteiger partial charge >= 0.3 is 0 Å². The fourth-order valence-electron chi connectivity index (χ4n) is 1.70. The lowest BCUT2D eigenvalue weighted by molar-refractivity contribution is 0.606. The highest BCUT2D eigenvalue weighted by atomic mass is 32.2. The SMILES string of the molecule is CC(Cc1nnc(NS(C)(=O)=O)s1)c1ccccc1. The maximum absolute atomic E-state index is 11.1. The molecule has 0 radical (unpaired) electrons. The molecule has 1 N–H and O–H groups in total. The molecule has 19 heavy (non-hydrogen) atoms. The van der Waals surface area contributed by atoms with Crippen LogP contribution in [-0.4, -0.2) is 24.9 Å².